The molecule has 2 N–H and O–H groups in total. The van der Waals surface area contributed by atoms with Crippen molar-refractivity contribution in [3.05, 3.63) is 30.4 Å². The first-order valence-corrected chi connectivity index (χ1v) is 9.43. The SMILES string of the molecule is COC[C@H](Nc1cc(-c2cnc(NC(=O)C3CC3)cn2)cnc1C#N)C(=O)N(C)C. The lowest BCUT2D eigenvalue weighted by molar-refractivity contribution is -0.130. The fourth-order valence-corrected chi connectivity index (χ4v) is 2.76. The zero-order valence-corrected chi connectivity index (χ0v) is 17.0. The number of pyridine rings is 1. The van der Waals surface area contributed by atoms with E-state index in [4.69, 9.17) is 4.74 Å². The summed E-state index contributed by atoms with van der Waals surface area (Å²) < 4.78 is 5.13. The third kappa shape index (κ3) is 5.07. The Kier molecular flexibility index (Phi) is 6.54. The van der Waals surface area contributed by atoms with E-state index in [2.05, 4.69) is 25.6 Å². The van der Waals surface area contributed by atoms with Crippen molar-refractivity contribution in [1.29, 1.82) is 5.26 Å². The normalized spacial score (nSPS) is 13.8. The minimum absolute atomic E-state index is 0.0432. The molecule has 1 aliphatic rings. The molecule has 10 nitrogen and oxygen atoms in total. The Balaban J connectivity index is 1.82. The maximum atomic E-state index is 12.4. The number of hydrogen-bond donors (Lipinski definition) is 2. The highest BCUT2D eigenvalue weighted by atomic mass is 16.5. The molecule has 1 fully saturated rings. The summed E-state index contributed by atoms with van der Waals surface area (Å²) in [7, 11) is 4.79. The molecule has 2 amide bonds. The quantitative estimate of drug-likeness (QED) is 0.666. The average molecular weight is 409 g/mol. The molecule has 1 saturated carbocycles. The predicted molar refractivity (Wildman–Crippen MR) is 109 cm³/mol. The van der Waals surface area contributed by atoms with Gasteiger partial charge >= 0.3 is 0 Å². The molecule has 0 saturated heterocycles. The van der Waals surface area contributed by atoms with Gasteiger partial charge in [0.05, 0.1) is 30.4 Å². The van der Waals surface area contributed by atoms with Crippen molar-refractivity contribution in [3.63, 3.8) is 0 Å². The van der Waals surface area contributed by atoms with Gasteiger partial charge in [-0.05, 0) is 18.9 Å². The number of hydrogen-bond acceptors (Lipinski definition) is 8. The van der Waals surface area contributed by atoms with Crippen LogP contribution in [0.3, 0.4) is 0 Å². The molecule has 3 rings (SSSR count). The number of rotatable bonds is 8. The Morgan fingerprint density at radius 1 is 1.27 bits per heavy atom. The van der Waals surface area contributed by atoms with Crippen LogP contribution in [0, 0.1) is 17.2 Å². The monoisotopic (exact) mass is 409 g/mol. The van der Waals surface area contributed by atoms with Gasteiger partial charge in [-0.2, -0.15) is 5.26 Å². The van der Waals surface area contributed by atoms with Gasteiger partial charge in [0.25, 0.3) is 0 Å². The maximum Gasteiger partial charge on any atom is 0.246 e. The van der Waals surface area contributed by atoms with Crippen molar-refractivity contribution >= 4 is 23.3 Å². The van der Waals surface area contributed by atoms with E-state index in [9.17, 15) is 14.9 Å². The second-order valence-corrected chi connectivity index (χ2v) is 7.17. The van der Waals surface area contributed by atoms with Gasteiger partial charge in [-0.3, -0.25) is 14.6 Å². The van der Waals surface area contributed by atoms with Gasteiger partial charge in [-0.25, -0.2) is 9.97 Å². The Morgan fingerprint density at radius 3 is 2.60 bits per heavy atom. The molecule has 30 heavy (non-hydrogen) atoms. The Bertz CT molecular complexity index is 965. The molecule has 1 atom stereocenters. The smallest absolute Gasteiger partial charge is 0.246 e. The summed E-state index contributed by atoms with van der Waals surface area (Å²) in [5.41, 5.74) is 1.66. The van der Waals surface area contributed by atoms with E-state index < -0.39 is 6.04 Å². The van der Waals surface area contributed by atoms with E-state index in [0.29, 0.717) is 22.8 Å². The maximum absolute atomic E-state index is 12.4. The molecule has 2 aromatic rings. The topological polar surface area (TPSA) is 133 Å². The third-order valence-electron chi connectivity index (χ3n) is 4.54. The van der Waals surface area contributed by atoms with Gasteiger partial charge in [0, 0.05) is 38.9 Å². The van der Waals surface area contributed by atoms with E-state index in [-0.39, 0.29) is 30.0 Å². The number of nitrogens with one attached hydrogen (secondary N) is 2. The lowest BCUT2D eigenvalue weighted by atomic mass is 10.1. The number of methoxy groups -OCH3 is 1. The zero-order valence-electron chi connectivity index (χ0n) is 17.0. The van der Waals surface area contributed by atoms with Crippen molar-refractivity contribution in [2.24, 2.45) is 5.92 Å². The van der Waals surface area contributed by atoms with Crippen molar-refractivity contribution in [3.8, 4) is 17.3 Å². The Morgan fingerprint density at radius 2 is 2.03 bits per heavy atom. The molecule has 156 valence electrons. The number of nitriles is 1. The van der Waals surface area contributed by atoms with Crippen molar-refractivity contribution in [1.82, 2.24) is 19.9 Å². The minimum atomic E-state index is -0.680. The fourth-order valence-electron chi connectivity index (χ4n) is 2.76. The zero-order chi connectivity index (χ0) is 21.7. The number of aromatic nitrogens is 3. The van der Waals surface area contributed by atoms with Crippen LogP contribution in [-0.2, 0) is 14.3 Å². The first-order valence-electron chi connectivity index (χ1n) is 9.43. The summed E-state index contributed by atoms with van der Waals surface area (Å²) in [4.78, 5) is 38.4. The number of ether oxygens (including phenoxy) is 1. The van der Waals surface area contributed by atoms with Crippen LogP contribution >= 0.6 is 0 Å². The highest BCUT2D eigenvalue weighted by Crippen LogP contribution is 2.30. The predicted octanol–water partition coefficient (Wildman–Crippen LogP) is 1.27. The van der Waals surface area contributed by atoms with E-state index in [1.807, 2.05) is 6.07 Å². The lowest BCUT2D eigenvalue weighted by Gasteiger charge is -2.22. The molecule has 0 radical (unpaired) electrons. The van der Waals surface area contributed by atoms with Crippen LogP contribution in [0.4, 0.5) is 11.5 Å². The molecule has 0 spiro atoms. The molecule has 0 aliphatic heterocycles. The molecule has 2 aromatic heterocycles. The van der Waals surface area contributed by atoms with Gasteiger partial charge in [0.15, 0.2) is 11.5 Å². The fraction of sp³-hybridized carbons (Fsp3) is 0.400. The summed E-state index contributed by atoms with van der Waals surface area (Å²) in [5.74, 6) is 0.222. The van der Waals surface area contributed by atoms with Crippen LogP contribution in [0.5, 0.6) is 0 Å². The number of likely N-dealkylation sites (N-methyl/N-ethyl adjacent to an activating group) is 1. The van der Waals surface area contributed by atoms with Crippen molar-refractivity contribution in [2.75, 3.05) is 38.4 Å². The molecular formula is C20H23N7O3. The largest absolute Gasteiger partial charge is 0.382 e. The second-order valence-electron chi connectivity index (χ2n) is 7.17. The molecule has 0 unspecified atom stereocenters. The number of amides is 2. The van der Waals surface area contributed by atoms with E-state index >= 15 is 0 Å². The minimum Gasteiger partial charge on any atom is -0.382 e. The van der Waals surface area contributed by atoms with E-state index in [1.54, 1.807) is 20.2 Å². The summed E-state index contributed by atoms with van der Waals surface area (Å²) in [6.45, 7) is 0.126. The van der Waals surface area contributed by atoms with E-state index in [0.717, 1.165) is 12.8 Å². The van der Waals surface area contributed by atoms with Crippen LogP contribution in [0.2, 0.25) is 0 Å². The van der Waals surface area contributed by atoms with Gasteiger partial charge < -0.3 is 20.3 Å². The first-order chi connectivity index (χ1) is 14.4. The Hall–Kier alpha value is -3.58. The molecule has 1 aliphatic carbocycles. The summed E-state index contributed by atoms with van der Waals surface area (Å²) in [6, 6.07) is 3.02. The highest BCUT2D eigenvalue weighted by Gasteiger charge is 2.29. The summed E-state index contributed by atoms with van der Waals surface area (Å²) >= 11 is 0. The van der Waals surface area contributed by atoms with E-state index in [1.165, 1.54) is 30.6 Å². The molecule has 2 heterocycles. The van der Waals surface area contributed by atoms with Gasteiger partial charge in [-0.15, -0.1) is 0 Å². The molecule has 0 aromatic carbocycles. The number of nitrogens with zero attached hydrogens (tertiary/aromatic N) is 5. The number of anilines is 2. The van der Waals surface area contributed by atoms with Crippen LogP contribution in [0.25, 0.3) is 11.3 Å². The highest BCUT2D eigenvalue weighted by molar-refractivity contribution is 5.93. The van der Waals surface area contributed by atoms with Crippen LogP contribution in [0.1, 0.15) is 18.5 Å². The summed E-state index contributed by atoms with van der Waals surface area (Å²) in [6.07, 6.45) is 6.32. The summed E-state index contributed by atoms with van der Waals surface area (Å²) in [5, 5.41) is 15.2. The third-order valence-corrected chi connectivity index (χ3v) is 4.54. The van der Waals surface area contributed by atoms with Gasteiger partial charge in [0.2, 0.25) is 11.8 Å². The van der Waals surface area contributed by atoms with Crippen molar-refractivity contribution < 1.29 is 14.3 Å². The second kappa shape index (κ2) is 9.28. The van der Waals surface area contributed by atoms with Crippen LogP contribution < -0.4 is 10.6 Å². The molecule has 0 bridgehead atoms. The standard InChI is InChI=1S/C20H23N7O3/c1-27(2)20(29)17(11-30-3)25-14-6-13(8-22-15(14)7-21)16-9-24-18(10-23-16)26-19(28)12-4-5-12/h6,8-10,12,17,25H,4-5,11H2,1-3H3,(H,24,26,28)/t17-/m0/s1. The lowest BCUT2D eigenvalue weighted by Crippen LogP contribution is -2.42. The molecule has 10 heteroatoms. The van der Waals surface area contributed by atoms with Gasteiger partial charge in [0.1, 0.15) is 12.1 Å². The first kappa shape index (κ1) is 21.1. The average Bonchev–Trinajstić information content (AvgIpc) is 3.59. The number of carbonyl (C=O) groups excluding carboxylic acids is 2. The van der Waals surface area contributed by atoms with Crippen LogP contribution in [-0.4, -0.2) is 65.5 Å². The Labute approximate surface area is 174 Å². The molecular weight excluding hydrogens is 386 g/mol. The van der Waals surface area contributed by atoms with Crippen molar-refractivity contribution in [2.45, 2.75) is 18.9 Å². The van der Waals surface area contributed by atoms with Gasteiger partial charge in [-0.1, -0.05) is 0 Å². The van der Waals surface area contributed by atoms with Crippen LogP contribution in [0.15, 0.2) is 24.7 Å². The number of carbonyl (C=O) groups is 2.